The minimum Gasteiger partial charge on any atom is -0.478 e. The smallest absolute Gasteiger partial charge is 0.340 e. The largest absolute Gasteiger partial charge is 0.478 e. The number of rotatable bonds is 12. The van der Waals surface area contributed by atoms with E-state index in [1.165, 1.54) is 158 Å². The van der Waals surface area contributed by atoms with E-state index in [1.807, 2.05) is 41.3 Å². The fourth-order valence-corrected chi connectivity index (χ4v) is 16.2. The van der Waals surface area contributed by atoms with Crippen LogP contribution in [0.25, 0.3) is 0 Å². The summed E-state index contributed by atoms with van der Waals surface area (Å²) in [6.45, 7) is 44.4. The molecule has 3 N–H and O–H groups in total. The molecule has 11 nitrogen and oxygen atoms in total. The van der Waals surface area contributed by atoms with Gasteiger partial charge in [-0.05, 0) is 303 Å². The molecular weight excluding hydrogens is 1490 g/mol. The van der Waals surface area contributed by atoms with Crippen LogP contribution in [0.15, 0.2) is 140 Å². The molecule has 0 fully saturated rings. The Morgan fingerprint density at radius 1 is 0.376 bits per heavy atom. The van der Waals surface area contributed by atoms with Crippen LogP contribution in [-0.2, 0) is 64.0 Å². The summed E-state index contributed by atoms with van der Waals surface area (Å²) in [5.74, 6) is -5.57. The molecule has 0 saturated carbocycles. The van der Waals surface area contributed by atoms with Gasteiger partial charge in [0.1, 0.15) is 23.3 Å². The number of anilines is 5. The third kappa shape index (κ3) is 19.5. The molecule has 8 aromatic carbocycles. The number of ether oxygens (including phenoxy) is 3. The number of carboxylic acids is 1. The Kier molecular flexibility index (Phi) is 26.5. The van der Waals surface area contributed by atoms with E-state index in [2.05, 4.69) is 204 Å². The number of methoxy groups -OCH3 is 3. The number of aryl methyl sites for hydroxylation is 1. The molecule has 0 atom stereocenters. The van der Waals surface area contributed by atoms with Crippen LogP contribution >= 0.6 is 22.6 Å². The number of hydrogen-bond acceptors (Lipinski definition) is 10. The van der Waals surface area contributed by atoms with Crippen molar-refractivity contribution in [3.05, 3.63) is 250 Å². The van der Waals surface area contributed by atoms with E-state index in [9.17, 15) is 36.7 Å². The highest BCUT2D eigenvalue weighted by atomic mass is 127. The number of nitrogen functional groups attached to an aromatic ring is 1. The van der Waals surface area contributed by atoms with Gasteiger partial charge in [-0.1, -0.05) is 153 Å². The average molecular weight is 1600 g/mol. The predicted octanol–water partition coefficient (Wildman–Crippen LogP) is 23.8. The zero-order valence-electron chi connectivity index (χ0n) is 68.2. The van der Waals surface area contributed by atoms with E-state index in [1.54, 1.807) is 24.3 Å². The number of nitrogens with zero attached hydrogens (tertiary/aromatic N) is 2. The Morgan fingerprint density at radius 3 is 1.00 bits per heavy atom. The van der Waals surface area contributed by atoms with Gasteiger partial charge in [-0.25, -0.2) is 36.7 Å². The lowest BCUT2D eigenvalue weighted by molar-refractivity contribution is 0.0586. The molecule has 8 aromatic rings. The number of halogens is 5. The summed E-state index contributed by atoms with van der Waals surface area (Å²) in [5, 5.41) is 9.05. The number of hydrogen-bond donors (Lipinski definition) is 2. The van der Waals surface area contributed by atoms with Gasteiger partial charge in [0.25, 0.3) is 0 Å². The van der Waals surface area contributed by atoms with Gasteiger partial charge < -0.3 is 34.9 Å². The van der Waals surface area contributed by atoms with Gasteiger partial charge in [-0.2, -0.15) is 0 Å². The van der Waals surface area contributed by atoms with Crippen molar-refractivity contribution in [3.8, 4) is 0 Å². The molecule has 0 heterocycles. The molecule has 4 aliphatic rings. The first kappa shape index (κ1) is 86.1. The summed E-state index contributed by atoms with van der Waals surface area (Å²) in [5.41, 5.74) is 25.9. The maximum Gasteiger partial charge on any atom is 0.340 e. The first-order chi connectivity index (χ1) is 50.7. The zero-order chi connectivity index (χ0) is 81.1. The molecule has 584 valence electrons. The number of nitrogens with two attached hydrogens (primary N) is 1. The Labute approximate surface area is 659 Å². The molecule has 109 heavy (non-hydrogen) atoms. The molecule has 0 unspecified atom stereocenters. The highest BCUT2D eigenvalue weighted by molar-refractivity contribution is 14.1. The van der Waals surface area contributed by atoms with E-state index in [-0.39, 0.29) is 60.2 Å². The number of carbonyl (C=O) groups is 4. The molecule has 0 aliphatic heterocycles. The molecule has 12 rings (SSSR count). The van der Waals surface area contributed by atoms with Gasteiger partial charge in [-0.3, -0.25) is 0 Å². The van der Waals surface area contributed by atoms with Crippen molar-refractivity contribution in [1.29, 1.82) is 0 Å². The number of esters is 3. The highest BCUT2D eigenvalue weighted by Gasteiger charge is 2.41. The van der Waals surface area contributed by atoms with Gasteiger partial charge >= 0.3 is 23.9 Å². The van der Waals surface area contributed by atoms with Crippen molar-refractivity contribution >= 4 is 74.9 Å². The molecule has 0 amide bonds. The van der Waals surface area contributed by atoms with Crippen LogP contribution in [0.3, 0.4) is 0 Å². The standard InChI is InChI=1S/C24H30FNO2.C23H28FNO2.C23H27FO2.C15H23N.C8H6FIO2/c1-7-26(17-8-10-18(21(25)15-17)22(27)28-6)16-9-11-19-20(14-16)24(4,5)13-12-23(19,2)3;1-6-25(16-7-9-17(21(26)27)20(24)14-16)15-8-10-18-19(13-15)23(4,5)12-11-22(18,2)3;1-22(2)10-11-23(3,4)19-13-15(7-9-18(19)22)12-16-6-8-17(20(24)14-16)21(25)26-5;1-10-8-11-12(9-13(10)16)15(4,5)7-6-14(11,2)3;1-12-8(11)6-3-2-5(10)4-7(6)9/h8-11,14-15H,7,12-13H2,1-6H3;7-10,13-14H,6,11-12H2,1-5H3,(H,26,27);6-9,13-14H,10-12H2,1-5H3;8-9H,6-7,16H2,1-5H3;2-4H,1H3. The van der Waals surface area contributed by atoms with E-state index in [4.69, 9.17) is 10.8 Å². The molecular formula is C93H114F4IN3O8. The lowest BCUT2D eigenvalue weighted by Crippen LogP contribution is -2.34. The maximum absolute atomic E-state index is 14.5. The molecule has 0 saturated heterocycles. The highest BCUT2D eigenvalue weighted by Crippen LogP contribution is 2.51. The topological polar surface area (TPSA) is 149 Å². The van der Waals surface area contributed by atoms with Crippen molar-refractivity contribution < 1.29 is 56.1 Å². The van der Waals surface area contributed by atoms with Gasteiger partial charge in [-0.15, -0.1) is 0 Å². The number of aromatic carboxylic acids is 1. The van der Waals surface area contributed by atoms with Gasteiger partial charge in [0.05, 0.1) is 43.6 Å². The first-order valence-corrected chi connectivity index (χ1v) is 39.0. The van der Waals surface area contributed by atoms with E-state index in [0.29, 0.717) is 30.6 Å². The van der Waals surface area contributed by atoms with Crippen molar-refractivity contribution in [2.45, 2.75) is 233 Å². The second-order valence-electron chi connectivity index (χ2n) is 34.9. The first-order valence-electron chi connectivity index (χ1n) is 37.9. The van der Waals surface area contributed by atoms with Crippen molar-refractivity contribution in [2.24, 2.45) is 0 Å². The Hall–Kier alpha value is -8.51. The summed E-state index contributed by atoms with van der Waals surface area (Å²) in [6, 6.07) is 42.3. The monoisotopic (exact) mass is 1600 g/mol. The third-order valence-corrected chi connectivity index (χ3v) is 24.1. The van der Waals surface area contributed by atoms with Crippen LogP contribution in [0.5, 0.6) is 0 Å². The fraction of sp³-hybridized carbons (Fsp3) is 0.441. The molecule has 0 spiro atoms. The average Bonchev–Trinajstić information content (AvgIpc) is 0.749. The van der Waals surface area contributed by atoms with Crippen LogP contribution in [-0.4, -0.2) is 63.4 Å². The number of carboxylic acid groups (broad SMARTS) is 1. The molecule has 0 radical (unpaired) electrons. The Balaban J connectivity index is 0.000000176. The van der Waals surface area contributed by atoms with Crippen LogP contribution < -0.4 is 15.5 Å². The maximum atomic E-state index is 14.5. The van der Waals surface area contributed by atoms with E-state index >= 15 is 0 Å². The molecule has 16 heteroatoms. The Morgan fingerprint density at radius 2 is 0.651 bits per heavy atom. The number of benzene rings is 8. The predicted molar refractivity (Wildman–Crippen MR) is 444 cm³/mol. The molecule has 0 aromatic heterocycles. The summed E-state index contributed by atoms with van der Waals surface area (Å²) >= 11 is 1.97. The summed E-state index contributed by atoms with van der Waals surface area (Å²) in [6.07, 6.45) is 10.1. The number of fused-ring (bicyclic) bond motifs is 4. The van der Waals surface area contributed by atoms with Crippen molar-refractivity contribution in [1.82, 2.24) is 0 Å². The minimum absolute atomic E-state index is 0.0235. The zero-order valence-corrected chi connectivity index (χ0v) is 70.4. The minimum atomic E-state index is -1.25. The lowest BCUT2D eigenvalue weighted by Gasteiger charge is -2.42. The van der Waals surface area contributed by atoms with Crippen LogP contribution in [0.1, 0.15) is 279 Å². The summed E-state index contributed by atoms with van der Waals surface area (Å²) in [4.78, 5) is 49.3. The normalized spacial score (nSPS) is 17.0. The van der Waals surface area contributed by atoms with Gasteiger partial charge in [0, 0.05) is 45.1 Å². The Bertz CT molecular complexity index is 4660. The van der Waals surface area contributed by atoms with Gasteiger partial charge in [0.2, 0.25) is 0 Å². The van der Waals surface area contributed by atoms with E-state index < -0.39 is 47.1 Å². The lowest BCUT2D eigenvalue weighted by atomic mass is 9.63. The van der Waals surface area contributed by atoms with Crippen molar-refractivity contribution in [3.63, 3.8) is 0 Å². The SMILES string of the molecule is CCN(c1ccc(C(=O)O)c(F)c1)c1ccc2c(c1)C(C)(C)CCC2(C)C.CCN(c1ccc(C(=O)OC)c(F)c1)c1ccc2c(c1)C(C)(C)CCC2(C)C.COC(=O)c1ccc(Cc2ccc3c(c2)C(C)(C)CCC3(C)C)cc1F.COC(=O)c1ccc(I)cc1F.Cc1cc2c(cc1N)C(C)(C)CCC2(C)C. The van der Waals surface area contributed by atoms with Crippen LogP contribution in [0.4, 0.5) is 46.0 Å². The third-order valence-electron chi connectivity index (χ3n) is 23.4. The second kappa shape index (κ2) is 33.6. The van der Waals surface area contributed by atoms with E-state index in [0.717, 1.165) is 51.1 Å². The summed E-state index contributed by atoms with van der Waals surface area (Å²) < 4.78 is 70.2. The van der Waals surface area contributed by atoms with Crippen molar-refractivity contribution in [2.75, 3.05) is 50.0 Å². The molecule has 4 aliphatic carbocycles. The van der Waals surface area contributed by atoms with Gasteiger partial charge in [0.15, 0.2) is 0 Å². The molecule has 0 bridgehead atoms. The second-order valence-corrected chi connectivity index (χ2v) is 36.1. The number of carbonyl (C=O) groups excluding carboxylic acids is 3. The van der Waals surface area contributed by atoms with Crippen LogP contribution in [0.2, 0.25) is 0 Å². The quantitative estimate of drug-likeness (QED) is 0.0396. The fourth-order valence-electron chi connectivity index (χ4n) is 15.7. The summed E-state index contributed by atoms with van der Waals surface area (Å²) in [7, 11) is 3.73. The van der Waals surface area contributed by atoms with Crippen LogP contribution in [0, 0.1) is 33.8 Å².